The standard InChI is InChI=1S/C13H16FNOS/c14-11-1-3-12(4-2-11)15-13(16)9-10-5-7-17-8-6-10/h1-4,10H,5-9H2,(H,15,16). The number of thioether (sulfide) groups is 1. The summed E-state index contributed by atoms with van der Waals surface area (Å²) in [4.78, 5) is 11.8. The van der Waals surface area contributed by atoms with Crippen molar-refractivity contribution in [3.63, 3.8) is 0 Å². The number of anilines is 1. The number of nitrogens with one attached hydrogen (secondary N) is 1. The van der Waals surface area contributed by atoms with Gasteiger partial charge in [0.25, 0.3) is 0 Å². The van der Waals surface area contributed by atoms with Gasteiger partial charge in [0.05, 0.1) is 0 Å². The monoisotopic (exact) mass is 253 g/mol. The molecule has 4 heteroatoms. The first kappa shape index (κ1) is 12.4. The van der Waals surface area contributed by atoms with Gasteiger partial charge in [0.15, 0.2) is 0 Å². The van der Waals surface area contributed by atoms with E-state index in [2.05, 4.69) is 5.32 Å². The summed E-state index contributed by atoms with van der Waals surface area (Å²) in [5.41, 5.74) is 0.668. The Labute approximate surface area is 105 Å². The largest absolute Gasteiger partial charge is 0.326 e. The molecule has 0 aliphatic carbocycles. The SMILES string of the molecule is O=C(CC1CCSCC1)Nc1ccc(F)cc1. The summed E-state index contributed by atoms with van der Waals surface area (Å²) in [5.74, 6) is 2.58. The highest BCUT2D eigenvalue weighted by molar-refractivity contribution is 7.99. The normalized spacial score (nSPS) is 16.8. The summed E-state index contributed by atoms with van der Waals surface area (Å²) in [5, 5.41) is 2.80. The van der Waals surface area contributed by atoms with Gasteiger partial charge in [-0.2, -0.15) is 11.8 Å². The maximum atomic E-state index is 12.7. The van der Waals surface area contributed by atoms with Crippen LogP contribution in [0.25, 0.3) is 0 Å². The quantitative estimate of drug-likeness (QED) is 0.895. The lowest BCUT2D eigenvalue weighted by atomic mass is 9.98. The third-order valence-corrected chi connectivity index (χ3v) is 3.99. The predicted molar refractivity (Wildman–Crippen MR) is 69.7 cm³/mol. The number of hydrogen-bond acceptors (Lipinski definition) is 2. The minimum atomic E-state index is -0.285. The lowest BCUT2D eigenvalue weighted by Gasteiger charge is -2.20. The van der Waals surface area contributed by atoms with Gasteiger partial charge in [-0.3, -0.25) is 4.79 Å². The highest BCUT2D eigenvalue weighted by atomic mass is 32.2. The van der Waals surface area contributed by atoms with Gasteiger partial charge in [0.1, 0.15) is 5.82 Å². The predicted octanol–water partition coefficient (Wildman–Crippen LogP) is 3.30. The summed E-state index contributed by atoms with van der Waals surface area (Å²) < 4.78 is 12.7. The second-order valence-corrected chi connectivity index (χ2v) is 5.54. The molecule has 1 aromatic rings. The Balaban J connectivity index is 1.82. The fourth-order valence-electron chi connectivity index (χ4n) is 1.96. The number of hydrogen-bond donors (Lipinski definition) is 1. The van der Waals surface area contributed by atoms with E-state index in [0.717, 1.165) is 24.3 Å². The molecule has 1 aromatic carbocycles. The zero-order valence-corrected chi connectivity index (χ0v) is 10.4. The van der Waals surface area contributed by atoms with E-state index in [-0.39, 0.29) is 11.7 Å². The minimum absolute atomic E-state index is 0.0357. The van der Waals surface area contributed by atoms with Crippen LogP contribution in [0, 0.1) is 11.7 Å². The zero-order valence-electron chi connectivity index (χ0n) is 9.62. The van der Waals surface area contributed by atoms with Gasteiger partial charge in [0.2, 0.25) is 5.91 Å². The van der Waals surface area contributed by atoms with E-state index < -0.39 is 0 Å². The van der Waals surface area contributed by atoms with Crippen molar-refractivity contribution in [3.05, 3.63) is 30.1 Å². The Bertz CT molecular complexity index is 374. The topological polar surface area (TPSA) is 29.1 Å². The second-order valence-electron chi connectivity index (χ2n) is 4.31. The van der Waals surface area contributed by atoms with E-state index in [4.69, 9.17) is 0 Å². The molecule has 0 bridgehead atoms. The summed E-state index contributed by atoms with van der Waals surface area (Å²) in [6, 6.07) is 5.88. The Morgan fingerprint density at radius 3 is 2.59 bits per heavy atom. The van der Waals surface area contributed by atoms with Crippen LogP contribution in [0.1, 0.15) is 19.3 Å². The van der Waals surface area contributed by atoms with Crippen LogP contribution in [0.15, 0.2) is 24.3 Å². The molecule has 0 saturated carbocycles. The molecule has 0 spiro atoms. The Morgan fingerprint density at radius 1 is 1.29 bits per heavy atom. The van der Waals surface area contributed by atoms with Gasteiger partial charge >= 0.3 is 0 Å². The molecule has 17 heavy (non-hydrogen) atoms. The average Bonchev–Trinajstić information content (AvgIpc) is 2.33. The molecule has 0 aromatic heterocycles. The number of amides is 1. The molecule has 1 aliphatic heterocycles. The smallest absolute Gasteiger partial charge is 0.224 e. The van der Waals surface area contributed by atoms with Gasteiger partial charge in [-0.05, 0) is 54.5 Å². The van der Waals surface area contributed by atoms with E-state index in [1.807, 2.05) is 11.8 Å². The van der Waals surface area contributed by atoms with E-state index in [0.29, 0.717) is 18.0 Å². The molecular weight excluding hydrogens is 237 g/mol. The van der Waals surface area contributed by atoms with E-state index in [9.17, 15) is 9.18 Å². The number of benzene rings is 1. The minimum Gasteiger partial charge on any atom is -0.326 e. The van der Waals surface area contributed by atoms with Gasteiger partial charge in [-0.1, -0.05) is 0 Å². The fourth-order valence-corrected chi connectivity index (χ4v) is 3.16. The van der Waals surface area contributed by atoms with Crippen LogP contribution in [0.4, 0.5) is 10.1 Å². The van der Waals surface area contributed by atoms with Crippen molar-refractivity contribution < 1.29 is 9.18 Å². The van der Waals surface area contributed by atoms with Crippen molar-refractivity contribution in [1.82, 2.24) is 0 Å². The van der Waals surface area contributed by atoms with Crippen LogP contribution in [-0.2, 0) is 4.79 Å². The van der Waals surface area contributed by atoms with Crippen molar-refractivity contribution in [2.24, 2.45) is 5.92 Å². The first-order valence-corrected chi connectivity index (χ1v) is 7.02. The molecule has 0 radical (unpaired) electrons. The second kappa shape index (κ2) is 6.05. The molecule has 1 saturated heterocycles. The first-order chi connectivity index (χ1) is 8.24. The summed E-state index contributed by atoms with van der Waals surface area (Å²) in [7, 11) is 0. The molecule has 2 rings (SSSR count). The maximum Gasteiger partial charge on any atom is 0.224 e. The van der Waals surface area contributed by atoms with Crippen molar-refractivity contribution in [2.75, 3.05) is 16.8 Å². The van der Waals surface area contributed by atoms with Crippen molar-refractivity contribution in [1.29, 1.82) is 0 Å². The fraction of sp³-hybridized carbons (Fsp3) is 0.462. The molecule has 1 N–H and O–H groups in total. The number of carbonyl (C=O) groups excluding carboxylic acids is 1. The summed E-state index contributed by atoms with van der Waals surface area (Å²) in [6.45, 7) is 0. The zero-order chi connectivity index (χ0) is 12.1. The highest BCUT2D eigenvalue weighted by Gasteiger charge is 2.17. The van der Waals surface area contributed by atoms with Crippen LogP contribution in [0.5, 0.6) is 0 Å². The highest BCUT2D eigenvalue weighted by Crippen LogP contribution is 2.25. The Kier molecular flexibility index (Phi) is 4.42. The first-order valence-electron chi connectivity index (χ1n) is 5.87. The van der Waals surface area contributed by atoms with E-state index >= 15 is 0 Å². The molecular formula is C13H16FNOS. The maximum absolute atomic E-state index is 12.7. The van der Waals surface area contributed by atoms with Crippen LogP contribution >= 0.6 is 11.8 Å². The van der Waals surface area contributed by atoms with Crippen LogP contribution < -0.4 is 5.32 Å². The summed E-state index contributed by atoms with van der Waals surface area (Å²) in [6.07, 6.45) is 2.83. The average molecular weight is 253 g/mol. The third-order valence-electron chi connectivity index (χ3n) is 2.94. The molecule has 1 fully saturated rings. The van der Waals surface area contributed by atoms with Crippen LogP contribution in [0.3, 0.4) is 0 Å². The molecule has 1 amide bonds. The number of rotatable bonds is 3. The Morgan fingerprint density at radius 2 is 1.94 bits per heavy atom. The molecule has 0 atom stereocenters. The molecule has 1 aliphatic rings. The molecule has 1 heterocycles. The van der Waals surface area contributed by atoms with Crippen LogP contribution in [-0.4, -0.2) is 17.4 Å². The van der Waals surface area contributed by atoms with Crippen molar-refractivity contribution >= 4 is 23.4 Å². The van der Waals surface area contributed by atoms with Gasteiger partial charge in [-0.15, -0.1) is 0 Å². The third kappa shape index (κ3) is 4.04. The van der Waals surface area contributed by atoms with Crippen molar-refractivity contribution in [3.8, 4) is 0 Å². The Hall–Kier alpha value is -1.03. The molecule has 2 nitrogen and oxygen atoms in total. The van der Waals surface area contributed by atoms with Crippen molar-refractivity contribution in [2.45, 2.75) is 19.3 Å². The van der Waals surface area contributed by atoms with Gasteiger partial charge < -0.3 is 5.32 Å². The lowest BCUT2D eigenvalue weighted by Crippen LogP contribution is -2.19. The molecule has 92 valence electrons. The van der Waals surface area contributed by atoms with E-state index in [1.165, 1.54) is 12.1 Å². The number of halogens is 1. The van der Waals surface area contributed by atoms with Gasteiger partial charge in [-0.25, -0.2) is 4.39 Å². The lowest BCUT2D eigenvalue weighted by molar-refractivity contribution is -0.117. The number of carbonyl (C=O) groups is 1. The summed E-state index contributed by atoms with van der Waals surface area (Å²) >= 11 is 1.96. The van der Waals surface area contributed by atoms with E-state index in [1.54, 1.807) is 12.1 Å². The van der Waals surface area contributed by atoms with Gasteiger partial charge in [0, 0.05) is 12.1 Å². The molecule has 0 unspecified atom stereocenters. The van der Waals surface area contributed by atoms with Crippen LogP contribution in [0.2, 0.25) is 0 Å².